The van der Waals surface area contributed by atoms with Gasteiger partial charge in [0, 0.05) is 16.7 Å². The van der Waals surface area contributed by atoms with Crippen LogP contribution in [0.5, 0.6) is 0 Å². The lowest BCUT2D eigenvalue weighted by molar-refractivity contribution is 0.645. The third-order valence-corrected chi connectivity index (χ3v) is 4.16. The molecule has 0 bridgehead atoms. The van der Waals surface area contributed by atoms with Crippen LogP contribution in [0.2, 0.25) is 0 Å². The van der Waals surface area contributed by atoms with E-state index in [4.69, 9.17) is 5.26 Å². The van der Waals surface area contributed by atoms with Crippen molar-refractivity contribution < 1.29 is 0 Å². The second-order valence-electron chi connectivity index (χ2n) is 4.80. The molecule has 0 unspecified atom stereocenters. The first kappa shape index (κ1) is 13.2. The fraction of sp³-hybridized carbons (Fsp3) is 0.188. The van der Waals surface area contributed by atoms with Crippen LogP contribution in [0.15, 0.2) is 40.9 Å². The van der Waals surface area contributed by atoms with Crippen molar-refractivity contribution in [1.82, 2.24) is 5.32 Å². The molecule has 1 aliphatic rings. The van der Waals surface area contributed by atoms with E-state index in [1.807, 2.05) is 18.2 Å². The highest BCUT2D eigenvalue weighted by Gasteiger charge is 2.13. The van der Waals surface area contributed by atoms with Crippen molar-refractivity contribution in [2.24, 2.45) is 0 Å². The van der Waals surface area contributed by atoms with Crippen LogP contribution in [0.25, 0.3) is 0 Å². The van der Waals surface area contributed by atoms with E-state index < -0.39 is 0 Å². The van der Waals surface area contributed by atoms with Gasteiger partial charge in [0.15, 0.2) is 0 Å². The van der Waals surface area contributed by atoms with Crippen LogP contribution in [0.1, 0.15) is 16.7 Å². The first-order valence-corrected chi connectivity index (χ1v) is 7.35. The quantitative estimate of drug-likeness (QED) is 0.883. The van der Waals surface area contributed by atoms with Gasteiger partial charge in [-0.3, -0.25) is 0 Å². The summed E-state index contributed by atoms with van der Waals surface area (Å²) in [6.07, 6.45) is 1.03. The van der Waals surface area contributed by atoms with E-state index in [1.165, 1.54) is 11.1 Å². The van der Waals surface area contributed by atoms with Gasteiger partial charge in [-0.05, 0) is 64.3 Å². The van der Waals surface area contributed by atoms with Crippen LogP contribution in [0, 0.1) is 11.3 Å². The topological polar surface area (TPSA) is 47.9 Å². The van der Waals surface area contributed by atoms with E-state index in [2.05, 4.69) is 50.8 Å². The van der Waals surface area contributed by atoms with Gasteiger partial charge in [-0.25, -0.2) is 0 Å². The van der Waals surface area contributed by atoms with Gasteiger partial charge in [0.1, 0.15) is 0 Å². The van der Waals surface area contributed by atoms with Gasteiger partial charge < -0.3 is 10.6 Å². The summed E-state index contributed by atoms with van der Waals surface area (Å²) in [6.45, 7) is 1.94. The zero-order valence-electron chi connectivity index (χ0n) is 10.9. The molecule has 0 aliphatic carbocycles. The molecule has 1 aliphatic heterocycles. The summed E-state index contributed by atoms with van der Waals surface area (Å²) in [7, 11) is 0. The number of hydrogen-bond donors (Lipinski definition) is 2. The Morgan fingerprint density at radius 1 is 1.20 bits per heavy atom. The number of rotatable bonds is 2. The second kappa shape index (κ2) is 5.66. The molecule has 4 heteroatoms. The van der Waals surface area contributed by atoms with Crippen molar-refractivity contribution in [3.63, 3.8) is 0 Å². The van der Waals surface area contributed by atoms with Crippen LogP contribution in [0.3, 0.4) is 0 Å². The second-order valence-corrected chi connectivity index (χ2v) is 5.66. The predicted molar refractivity (Wildman–Crippen MR) is 84.0 cm³/mol. The van der Waals surface area contributed by atoms with Crippen molar-refractivity contribution in [2.75, 3.05) is 11.9 Å². The molecule has 0 spiro atoms. The lowest BCUT2D eigenvalue weighted by Crippen LogP contribution is -2.24. The van der Waals surface area contributed by atoms with Gasteiger partial charge in [-0.1, -0.05) is 12.1 Å². The summed E-state index contributed by atoms with van der Waals surface area (Å²) in [5.74, 6) is 0. The average molecular weight is 328 g/mol. The largest absolute Gasteiger partial charge is 0.354 e. The van der Waals surface area contributed by atoms with E-state index in [1.54, 1.807) is 0 Å². The number of benzene rings is 2. The fourth-order valence-corrected chi connectivity index (χ4v) is 2.96. The number of anilines is 2. The van der Waals surface area contributed by atoms with Crippen molar-refractivity contribution in [2.45, 2.75) is 13.0 Å². The molecule has 0 saturated heterocycles. The molecule has 0 amide bonds. The minimum atomic E-state index is 0.654. The van der Waals surface area contributed by atoms with Gasteiger partial charge in [0.05, 0.1) is 17.3 Å². The Hall–Kier alpha value is -1.83. The highest BCUT2D eigenvalue weighted by atomic mass is 79.9. The van der Waals surface area contributed by atoms with Crippen LogP contribution in [-0.4, -0.2) is 6.54 Å². The number of nitriles is 1. The Morgan fingerprint density at radius 2 is 2.10 bits per heavy atom. The molecule has 0 atom stereocenters. The molecule has 2 N–H and O–H groups in total. The fourth-order valence-electron chi connectivity index (χ4n) is 2.48. The molecule has 1 heterocycles. The number of hydrogen-bond acceptors (Lipinski definition) is 3. The molecule has 0 radical (unpaired) electrons. The SMILES string of the molecule is N#Cc1ccc(Nc2cccc3c2CCNC3)c(Br)c1. The van der Waals surface area contributed by atoms with E-state index in [0.717, 1.165) is 35.4 Å². The lowest BCUT2D eigenvalue weighted by Gasteiger charge is -2.21. The van der Waals surface area contributed by atoms with E-state index >= 15 is 0 Å². The predicted octanol–water partition coefficient (Wildman–Crippen LogP) is 3.71. The molecule has 20 heavy (non-hydrogen) atoms. The Kier molecular flexibility index (Phi) is 3.72. The molecule has 100 valence electrons. The molecule has 0 aromatic heterocycles. The van der Waals surface area contributed by atoms with Crippen LogP contribution in [0.4, 0.5) is 11.4 Å². The Balaban J connectivity index is 1.94. The first-order chi connectivity index (χ1) is 9.78. The number of fused-ring (bicyclic) bond motifs is 1. The van der Waals surface area contributed by atoms with Crippen molar-refractivity contribution >= 4 is 27.3 Å². The van der Waals surface area contributed by atoms with Gasteiger partial charge in [-0.15, -0.1) is 0 Å². The molecule has 2 aromatic rings. The number of nitrogens with one attached hydrogen (secondary N) is 2. The van der Waals surface area contributed by atoms with Crippen molar-refractivity contribution in [1.29, 1.82) is 5.26 Å². The minimum Gasteiger partial charge on any atom is -0.354 e. The molecule has 2 aromatic carbocycles. The summed E-state index contributed by atoms with van der Waals surface area (Å²) in [5, 5.41) is 15.8. The molecular formula is C16H14BrN3. The standard InChI is InChI=1S/C16H14BrN3/c17-14-8-11(9-18)4-5-16(14)20-15-3-1-2-12-10-19-7-6-13(12)15/h1-5,8,19-20H,6-7,10H2. The van der Waals surface area contributed by atoms with E-state index in [9.17, 15) is 0 Å². The Bertz CT molecular complexity index is 689. The van der Waals surface area contributed by atoms with E-state index in [0.29, 0.717) is 5.56 Å². The maximum absolute atomic E-state index is 8.90. The highest BCUT2D eigenvalue weighted by Crippen LogP contribution is 2.30. The van der Waals surface area contributed by atoms with Crippen molar-refractivity contribution in [3.8, 4) is 6.07 Å². The molecule has 0 fully saturated rings. The van der Waals surface area contributed by atoms with Crippen molar-refractivity contribution in [3.05, 3.63) is 57.6 Å². The summed E-state index contributed by atoms with van der Waals surface area (Å²) in [5.41, 5.74) is 5.51. The maximum Gasteiger partial charge on any atom is 0.0992 e. The van der Waals surface area contributed by atoms with Gasteiger partial charge in [-0.2, -0.15) is 5.26 Å². The van der Waals surface area contributed by atoms with E-state index in [-0.39, 0.29) is 0 Å². The zero-order valence-corrected chi connectivity index (χ0v) is 12.5. The normalized spacial score (nSPS) is 13.4. The maximum atomic E-state index is 8.90. The van der Waals surface area contributed by atoms with Crippen LogP contribution < -0.4 is 10.6 Å². The smallest absolute Gasteiger partial charge is 0.0992 e. The molecule has 3 rings (SSSR count). The molecular weight excluding hydrogens is 314 g/mol. The summed E-state index contributed by atoms with van der Waals surface area (Å²) < 4.78 is 0.906. The summed E-state index contributed by atoms with van der Waals surface area (Å²) >= 11 is 3.52. The molecule has 0 saturated carbocycles. The highest BCUT2D eigenvalue weighted by molar-refractivity contribution is 9.10. The Morgan fingerprint density at radius 3 is 2.90 bits per heavy atom. The van der Waals surface area contributed by atoms with Crippen LogP contribution >= 0.6 is 15.9 Å². The van der Waals surface area contributed by atoms with Crippen LogP contribution in [-0.2, 0) is 13.0 Å². The van der Waals surface area contributed by atoms with Gasteiger partial charge in [0.25, 0.3) is 0 Å². The summed E-state index contributed by atoms with van der Waals surface area (Å²) in [4.78, 5) is 0. The Labute approximate surface area is 126 Å². The minimum absolute atomic E-state index is 0.654. The summed E-state index contributed by atoms with van der Waals surface area (Å²) in [6, 6.07) is 14.1. The number of halogens is 1. The third-order valence-electron chi connectivity index (χ3n) is 3.51. The third kappa shape index (κ3) is 2.55. The molecule has 3 nitrogen and oxygen atoms in total. The number of nitrogens with zero attached hydrogens (tertiary/aromatic N) is 1. The average Bonchev–Trinajstić information content (AvgIpc) is 2.49. The lowest BCUT2D eigenvalue weighted by atomic mass is 9.99. The zero-order chi connectivity index (χ0) is 13.9. The first-order valence-electron chi connectivity index (χ1n) is 6.56. The van der Waals surface area contributed by atoms with Gasteiger partial charge >= 0.3 is 0 Å². The van der Waals surface area contributed by atoms with Gasteiger partial charge in [0.2, 0.25) is 0 Å². The monoisotopic (exact) mass is 327 g/mol.